The van der Waals surface area contributed by atoms with E-state index in [-0.39, 0.29) is 6.04 Å². The van der Waals surface area contributed by atoms with Gasteiger partial charge in [0.05, 0.1) is 46.6 Å². The highest BCUT2D eigenvalue weighted by atomic mass is 32.2. The molecule has 1 aliphatic heterocycles. The topological polar surface area (TPSA) is 9.72 Å². The van der Waals surface area contributed by atoms with Gasteiger partial charge in [0.15, 0.2) is 0 Å². The van der Waals surface area contributed by atoms with Crippen molar-refractivity contribution in [2.24, 2.45) is 0 Å². The van der Waals surface area contributed by atoms with Crippen LogP contribution in [-0.4, -0.2) is 0 Å². The van der Waals surface area contributed by atoms with Crippen LogP contribution in [0.4, 0.5) is 34.1 Å². The van der Waals surface area contributed by atoms with Crippen molar-refractivity contribution in [2.75, 3.05) is 13.5 Å². The van der Waals surface area contributed by atoms with E-state index in [4.69, 9.17) is 0 Å². The quantitative estimate of drug-likeness (QED) is 0.164. The van der Waals surface area contributed by atoms with Crippen molar-refractivity contribution >= 4 is 89.3 Å². The standard InChI is InChI=1S/C47H39N3S.C12H12/c1-31-25-28-42(39-19-8-5-15-35(31)39)48-34(4)38-18-11-12-22-43(38)49(44-29-26-32(2)36-16-6-9-20-40(36)44)51-50(47-24-14-13-23-46(47)48)45-30-27-33(3)37-17-7-10-21-41(37)45;1-9-7-8-10(2)12-6-4-3-5-11(9)12/h5-30,34H,1-4H3;3-8H,1-2H3. The molecule has 0 aliphatic carbocycles. The zero-order valence-electron chi connectivity index (χ0n) is 36.8. The number of anilines is 6. The van der Waals surface area contributed by atoms with E-state index in [9.17, 15) is 0 Å². The van der Waals surface area contributed by atoms with Crippen LogP contribution < -0.4 is 13.5 Å². The summed E-state index contributed by atoms with van der Waals surface area (Å²) in [6.07, 6.45) is 0. The van der Waals surface area contributed by atoms with E-state index in [1.54, 1.807) is 12.1 Å². The monoisotopic (exact) mass is 833 g/mol. The molecule has 308 valence electrons. The molecule has 0 radical (unpaired) electrons. The van der Waals surface area contributed by atoms with Crippen molar-refractivity contribution in [1.29, 1.82) is 0 Å². The van der Waals surface area contributed by atoms with Gasteiger partial charge >= 0.3 is 0 Å². The Labute approximate surface area is 376 Å². The Morgan fingerprint density at radius 1 is 0.286 bits per heavy atom. The molecule has 10 aromatic rings. The molecule has 0 N–H and O–H groups in total. The summed E-state index contributed by atoms with van der Waals surface area (Å²) in [6, 6.07) is 71.0. The number of hydrogen-bond acceptors (Lipinski definition) is 4. The van der Waals surface area contributed by atoms with Crippen molar-refractivity contribution in [1.82, 2.24) is 0 Å². The first kappa shape index (κ1) is 40.1. The second-order valence-corrected chi connectivity index (χ2v) is 17.7. The van der Waals surface area contributed by atoms with Crippen LogP contribution in [0.25, 0.3) is 43.1 Å². The third-order valence-corrected chi connectivity index (χ3v) is 14.0. The summed E-state index contributed by atoms with van der Waals surface area (Å²) < 4.78 is 4.93. The largest absolute Gasteiger partial charge is 0.332 e. The minimum atomic E-state index is -0.0111. The zero-order chi connectivity index (χ0) is 43.2. The fraction of sp³-hybridized carbons (Fsp3) is 0.119. The number of para-hydroxylation sites is 3. The number of hydrogen-bond donors (Lipinski definition) is 0. The number of nitrogens with zero attached hydrogens (tertiary/aromatic N) is 3. The number of rotatable bonds is 3. The van der Waals surface area contributed by atoms with Crippen LogP contribution in [0.2, 0.25) is 0 Å². The third kappa shape index (κ3) is 7.15. The van der Waals surface area contributed by atoms with E-state index in [1.165, 1.54) is 87.8 Å². The average molecular weight is 834 g/mol. The van der Waals surface area contributed by atoms with Crippen LogP contribution in [0, 0.1) is 34.6 Å². The average Bonchev–Trinajstić information content (AvgIpc) is 3.37. The van der Waals surface area contributed by atoms with Crippen molar-refractivity contribution in [2.45, 2.75) is 47.6 Å². The van der Waals surface area contributed by atoms with Gasteiger partial charge < -0.3 is 4.90 Å². The molecule has 1 unspecified atom stereocenters. The van der Waals surface area contributed by atoms with Crippen molar-refractivity contribution in [3.63, 3.8) is 0 Å². The molecule has 0 amide bonds. The Morgan fingerprint density at radius 2 is 0.587 bits per heavy atom. The molecule has 1 aliphatic rings. The first-order valence-corrected chi connectivity index (χ1v) is 22.7. The SMILES string of the molecule is Cc1ccc(C)c2ccccc12.Cc1ccc(N2SN(c3ccc(C)c4ccccc34)c3ccccc3N(c3ccc(C)c4ccccc34)C(C)c3ccccc32)c2ccccc12. The van der Waals surface area contributed by atoms with Crippen LogP contribution in [0.1, 0.15) is 46.3 Å². The maximum absolute atomic E-state index is 2.57. The molecule has 0 saturated carbocycles. The number of fused-ring (bicyclic) bond motifs is 6. The van der Waals surface area contributed by atoms with Gasteiger partial charge in [-0.3, -0.25) is 8.61 Å². The molecule has 1 heterocycles. The summed E-state index contributed by atoms with van der Waals surface area (Å²) in [5.74, 6) is 0. The lowest BCUT2D eigenvalue weighted by atomic mass is 9.98. The Bertz CT molecular complexity index is 3290. The summed E-state index contributed by atoms with van der Waals surface area (Å²) >= 11 is 1.76. The second-order valence-electron chi connectivity index (χ2n) is 16.9. The lowest BCUT2D eigenvalue weighted by molar-refractivity contribution is 0.778. The molecule has 10 aromatic carbocycles. The van der Waals surface area contributed by atoms with Gasteiger partial charge in [0.25, 0.3) is 0 Å². The van der Waals surface area contributed by atoms with E-state index in [2.05, 4.69) is 249 Å². The van der Waals surface area contributed by atoms with E-state index in [0.717, 1.165) is 22.7 Å². The number of benzene rings is 10. The second kappa shape index (κ2) is 16.7. The number of aryl methyl sites for hydroxylation is 5. The minimum Gasteiger partial charge on any atom is -0.332 e. The summed E-state index contributed by atoms with van der Waals surface area (Å²) in [7, 11) is 0. The van der Waals surface area contributed by atoms with Crippen LogP contribution in [-0.2, 0) is 0 Å². The molecule has 0 spiro atoms. The van der Waals surface area contributed by atoms with Gasteiger partial charge in [0.1, 0.15) is 0 Å². The van der Waals surface area contributed by atoms with Crippen molar-refractivity contribution in [3.8, 4) is 0 Å². The van der Waals surface area contributed by atoms with Crippen LogP contribution in [0.5, 0.6) is 0 Å². The summed E-state index contributed by atoms with van der Waals surface area (Å²) in [5.41, 5.74) is 14.7. The Hall–Kier alpha value is -7.01. The highest BCUT2D eigenvalue weighted by molar-refractivity contribution is 8.02. The molecule has 0 bridgehead atoms. The molecule has 1 atom stereocenters. The normalized spacial score (nSPS) is 13.9. The van der Waals surface area contributed by atoms with Gasteiger partial charge in [-0.2, -0.15) is 0 Å². The Kier molecular flexibility index (Phi) is 10.6. The molecule has 0 aromatic heterocycles. The first-order valence-electron chi connectivity index (χ1n) is 21.9. The Morgan fingerprint density at radius 3 is 1.05 bits per heavy atom. The van der Waals surface area contributed by atoms with Gasteiger partial charge in [-0.1, -0.05) is 158 Å². The maximum Gasteiger partial charge on any atom is 0.0817 e. The summed E-state index contributed by atoms with van der Waals surface area (Å²) in [5, 5.41) is 10.2. The highest BCUT2D eigenvalue weighted by Crippen LogP contribution is 2.54. The predicted molar refractivity (Wildman–Crippen MR) is 275 cm³/mol. The minimum absolute atomic E-state index is 0.0111. The van der Waals surface area contributed by atoms with Crippen molar-refractivity contribution < 1.29 is 0 Å². The predicted octanol–water partition coefficient (Wildman–Crippen LogP) is 17.3. The van der Waals surface area contributed by atoms with Gasteiger partial charge in [0.2, 0.25) is 0 Å². The van der Waals surface area contributed by atoms with Gasteiger partial charge in [0, 0.05) is 21.8 Å². The summed E-state index contributed by atoms with van der Waals surface area (Å²) in [4.78, 5) is 2.57. The first-order chi connectivity index (χ1) is 30.8. The highest BCUT2D eigenvalue weighted by Gasteiger charge is 2.33. The van der Waals surface area contributed by atoms with Gasteiger partial charge in [-0.25, -0.2) is 0 Å². The van der Waals surface area contributed by atoms with E-state index < -0.39 is 0 Å². The molecule has 11 rings (SSSR count). The van der Waals surface area contributed by atoms with Gasteiger partial charge in [-0.15, -0.1) is 0 Å². The fourth-order valence-corrected chi connectivity index (χ4v) is 10.7. The zero-order valence-corrected chi connectivity index (χ0v) is 37.6. The third-order valence-electron chi connectivity index (χ3n) is 12.9. The molecule has 4 heteroatoms. The van der Waals surface area contributed by atoms with Crippen LogP contribution in [0.15, 0.2) is 194 Å². The lowest BCUT2D eigenvalue weighted by Crippen LogP contribution is -2.23. The molecular formula is C59H51N3S. The van der Waals surface area contributed by atoms with Crippen molar-refractivity contribution in [3.05, 3.63) is 228 Å². The lowest BCUT2D eigenvalue weighted by Gasteiger charge is -2.35. The van der Waals surface area contributed by atoms with E-state index in [1.807, 2.05) is 0 Å². The molecule has 63 heavy (non-hydrogen) atoms. The molecular weight excluding hydrogens is 783 g/mol. The molecule has 0 fully saturated rings. The summed E-state index contributed by atoms with van der Waals surface area (Å²) in [6.45, 7) is 13.3. The smallest absolute Gasteiger partial charge is 0.0817 e. The fourth-order valence-electron chi connectivity index (χ4n) is 9.53. The van der Waals surface area contributed by atoms with Crippen LogP contribution >= 0.6 is 12.1 Å². The van der Waals surface area contributed by atoms with E-state index >= 15 is 0 Å². The Balaban J connectivity index is 0.000000339. The maximum atomic E-state index is 2.57. The van der Waals surface area contributed by atoms with Crippen LogP contribution in [0.3, 0.4) is 0 Å². The molecule has 0 saturated heterocycles. The van der Waals surface area contributed by atoms with E-state index in [0.29, 0.717) is 0 Å². The van der Waals surface area contributed by atoms with Gasteiger partial charge in [-0.05, 0) is 138 Å². The molecule has 3 nitrogen and oxygen atoms in total.